The first-order chi connectivity index (χ1) is 7.84. The summed E-state index contributed by atoms with van der Waals surface area (Å²) in [7, 11) is 0. The lowest BCUT2D eigenvalue weighted by Gasteiger charge is -2.20. The van der Waals surface area contributed by atoms with Crippen molar-refractivity contribution in [2.24, 2.45) is 5.92 Å². The predicted molar refractivity (Wildman–Crippen MR) is 64.1 cm³/mol. The van der Waals surface area contributed by atoms with E-state index in [-0.39, 0.29) is 11.7 Å². The molecule has 0 amide bonds. The Kier molecular flexibility index (Phi) is 2.77. The Morgan fingerprint density at radius 3 is 3.06 bits per heavy atom. The number of nitrogens with one attached hydrogen (secondary N) is 1. The summed E-state index contributed by atoms with van der Waals surface area (Å²) >= 11 is 1.64. The number of carbonyl (C=O) groups is 1. The number of carbonyl (C=O) groups excluding carboxylic acids is 1. The molecular formula is C12H16N2OS. The number of hydrogen-bond acceptors (Lipinski definition) is 4. The fraction of sp³-hybridized carbons (Fsp3) is 0.667. The zero-order chi connectivity index (χ0) is 11.0. The fourth-order valence-corrected chi connectivity index (χ4v) is 3.71. The number of aryl methyl sites for hydroxylation is 2. The summed E-state index contributed by atoms with van der Waals surface area (Å²) in [6.45, 7) is 1.89. The topological polar surface area (TPSA) is 42.0 Å². The first-order valence-corrected chi connectivity index (χ1v) is 6.90. The van der Waals surface area contributed by atoms with E-state index >= 15 is 0 Å². The highest BCUT2D eigenvalue weighted by atomic mass is 32.1. The Balaban J connectivity index is 1.78. The van der Waals surface area contributed by atoms with Crippen molar-refractivity contribution >= 4 is 17.1 Å². The maximum absolute atomic E-state index is 12.2. The van der Waals surface area contributed by atoms with Crippen molar-refractivity contribution in [2.45, 2.75) is 32.1 Å². The van der Waals surface area contributed by atoms with Crippen LogP contribution < -0.4 is 5.32 Å². The van der Waals surface area contributed by atoms with Gasteiger partial charge in [-0.2, -0.15) is 0 Å². The second-order valence-corrected chi connectivity index (χ2v) is 5.73. The van der Waals surface area contributed by atoms with E-state index < -0.39 is 0 Å². The first-order valence-electron chi connectivity index (χ1n) is 6.08. The van der Waals surface area contributed by atoms with Crippen molar-refractivity contribution in [3.05, 3.63) is 15.6 Å². The van der Waals surface area contributed by atoms with Crippen LogP contribution in [0.2, 0.25) is 0 Å². The summed E-state index contributed by atoms with van der Waals surface area (Å²) in [6.07, 6.45) is 5.55. The van der Waals surface area contributed by atoms with Crippen LogP contribution >= 0.6 is 11.3 Å². The van der Waals surface area contributed by atoms with Gasteiger partial charge in [0.25, 0.3) is 0 Å². The molecule has 1 saturated heterocycles. The van der Waals surface area contributed by atoms with Crippen molar-refractivity contribution in [1.82, 2.24) is 10.3 Å². The normalized spacial score (nSPS) is 24.4. The molecule has 1 aliphatic carbocycles. The van der Waals surface area contributed by atoms with Crippen LogP contribution in [0.25, 0.3) is 0 Å². The van der Waals surface area contributed by atoms with Gasteiger partial charge < -0.3 is 5.32 Å². The molecule has 2 aliphatic rings. The summed E-state index contributed by atoms with van der Waals surface area (Å²) in [5, 5.41) is 4.05. The number of hydrogen-bond donors (Lipinski definition) is 1. The van der Waals surface area contributed by atoms with Crippen LogP contribution in [-0.2, 0) is 12.8 Å². The lowest BCUT2D eigenvalue weighted by molar-refractivity contribution is 0.0899. The fourth-order valence-electron chi connectivity index (χ4n) is 2.55. The van der Waals surface area contributed by atoms with Gasteiger partial charge in [0.1, 0.15) is 0 Å². The molecule has 86 valence electrons. The molecule has 1 aromatic heterocycles. The summed E-state index contributed by atoms with van der Waals surface area (Å²) in [5.41, 5.74) is 1.19. The Morgan fingerprint density at radius 1 is 1.38 bits per heavy atom. The molecule has 1 atom stereocenters. The molecule has 0 aromatic carbocycles. The second kappa shape index (κ2) is 4.26. The van der Waals surface area contributed by atoms with Crippen molar-refractivity contribution in [3.63, 3.8) is 0 Å². The van der Waals surface area contributed by atoms with Crippen LogP contribution in [0.3, 0.4) is 0 Å². The standard InChI is InChI=1S/C12H16N2OS/c15-11(8-3-2-6-13-7-8)12-14-9-4-1-5-10(9)16-12/h8,13H,1-7H2. The second-order valence-electron chi connectivity index (χ2n) is 4.65. The van der Waals surface area contributed by atoms with Gasteiger partial charge in [-0.15, -0.1) is 11.3 Å². The Labute approximate surface area is 99.3 Å². The molecule has 0 radical (unpaired) electrons. The number of rotatable bonds is 2. The van der Waals surface area contributed by atoms with E-state index in [1.165, 1.54) is 17.0 Å². The van der Waals surface area contributed by atoms with E-state index in [0.717, 1.165) is 43.8 Å². The van der Waals surface area contributed by atoms with Crippen LogP contribution in [0.5, 0.6) is 0 Å². The Morgan fingerprint density at radius 2 is 2.31 bits per heavy atom. The summed E-state index contributed by atoms with van der Waals surface area (Å²) in [5.74, 6) is 0.437. The third kappa shape index (κ3) is 1.80. The minimum atomic E-state index is 0.167. The molecule has 4 heteroatoms. The minimum Gasteiger partial charge on any atom is -0.316 e. The monoisotopic (exact) mass is 236 g/mol. The molecule has 3 rings (SSSR count). The largest absolute Gasteiger partial charge is 0.316 e. The molecule has 3 nitrogen and oxygen atoms in total. The van der Waals surface area contributed by atoms with Crippen LogP contribution in [0, 0.1) is 5.92 Å². The zero-order valence-electron chi connectivity index (χ0n) is 9.29. The molecular weight excluding hydrogens is 220 g/mol. The first kappa shape index (κ1) is 10.4. The van der Waals surface area contributed by atoms with Gasteiger partial charge in [0, 0.05) is 17.3 Å². The van der Waals surface area contributed by atoms with E-state index in [4.69, 9.17) is 0 Å². The van der Waals surface area contributed by atoms with Gasteiger partial charge in [-0.3, -0.25) is 4.79 Å². The Hall–Kier alpha value is -0.740. The summed E-state index contributed by atoms with van der Waals surface area (Å²) in [6, 6.07) is 0. The number of fused-ring (bicyclic) bond motifs is 1. The molecule has 1 fully saturated rings. The number of piperidine rings is 1. The third-order valence-corrected chi connectivity index (χ3v) is 4.65. The number of Topliss-reactive ketones (excluding diaryl/α,β-unsaturated/α-hetero) is 1. The summed E-state index contributed by atoms with van der Waals surface area (Å²) in [4.78, 5) is 18.1. The lowest BCUT2D eigenvalue weighted by atomic mass is 9.95. The molecule has 1 N–H and O–H groups in total. The molecule has 1 aromatic rings. The van der Waals surface area contributed by atoms with Gasteiger partial charge in [0.15, 0.2) is 10.8 Å². The highest BCUT2D eigenvalue weighted by Crippen LogP contribution is 2.29. The number of nitrogens with zero attached hydrogens (tertiary/aromatic N) is 1. The maximum Gasteiger partial charge on any atom is 0.195 e. The molecule has 1 unspecified atom stereocenters. The maximum atomic E-state index is 12.2. The van der Waals surface area contributed by atoms with E-state index in [2.05, 4.69) is 10.3 Å². The Bertz CT molecular complexity index is 386. The quantitative estimate of drug-likeness (QED) is 0.796. The lowest BCUT2D eigenvalue weighted by Crippen LogP contribution is -2.34. The van der Waals surface area contributed by atoms with Crippen molar-refractivity contribution < 1.29 is 4.79 Å². The summed E-state index contributed by atoms with van der Waals surface area (Å²) < 4.78 is 0. The van der Waals surface area contributed by atoms with Crippen molar-refractivity contribution in [3.8, 4) is 0 Å². The number of thiazole rings is 1. The average Bonchev–Trinajstić information content (AvgIpc) is 2.89. The van der Waals surface area contributed by atoms with Crippen LogP contribution in [0.1, 0.15) is 39.6 Å². The minimum absolute atomic E-state index is 0.167. The highest BCUT2D eigenvalue weighted by molar-refractivity contribution is 7.13. The molecule has 1 aliphatic heterocycles. The predicted octanol–water partition coefficient (Wildman–Crippen LogP) is 1.81. The van der Waals surface area contributed by atoms with Gasteiger partial charge >= 0.3 is 0 Å². The molecule has 0 saturated carbocycles. The third-order valence-electron chi connectivity index (χ3n) is 3.47. The zero-order valence-corrected chi connectivity index (χ0v) is 10.1. The van der Waals surface area contributed by atoms with Gasteiger partial charge in [-0.25, -0.2) is 4.98 Å². The van der Waals surface area contributed by atoms with Gasteiger partial charge in [-0.1, -0.05) is 0 Å². The smallest absolute Gasteiger partial charge is 0.195 e. The van der Waals surface area contributed by atoms with E-state index in [9.17, 15) is 4.79 Å². The highest BCUT2D eigenvalue weighted by Gasteiger charge is 2.27. The number of ketones is 1. The molecule has 0 spiro atoms. The van der Waals surface area contributed by atoms with E-state index in [0.29, 0.717) is 0 Å². The molecule has 16 heavy (non-hydrogen) atoms. The van der Waals surface area contributed by atoms with Crippen molar-refractivity contribution in [1.29, 1.82) is 0 Å². The average molecular weight is 236 g/mol. The van der Waals surface area contributed by atoms with Crippen LogP contribution in [0.4, 0.5) is 0 Å². The van der Waals surface area contributed by atoms with Gasteiger partial charge in [-0.05, 0) is 38.6 Å². The van der Waals surface area contributed by atoms with E-state index in [1.807, 2.05) is 0 Å². The van der Waals surface area contributed by atoms with Crippen molar-refractivity contribution in [2.75, 3.05) is 13.1 Å². The van der Waals surface area contributed by atoms with Gasteiger partial charge in [0.05, 0.1) is 5.69 Å². The molecule has 0 bridgehead atoms. The van der Waals surface area contributed by atoms with Crippen LogP contribution in [-0.4, -0.2) is 23.9 Å². The SMILES string of the molecule is O=C(c1nc2c(s1)CCC2)C1CCCNC1. The van der Waals surface area contributed by atoms with Gasteiger partial charge in [0.2, 0.25) is 0 Å². The molecule has 2 heterocycles. The van der Waals surface area contributed by atoms with Crippen LogP contribution in [0.15, 0.2) is 0 Å². The van der Waals surface area contributed by atoms with E-state index in [1.54, 1.807) is 11.3 Å². The number of aromatic nitrogens is 1.